The lowest BCUT2D eigenvalue weighted by atomic mass is 9.86. The lowest BCUT2D eigenvalue weighted by Crippen LogP contribution is -2.37. The topological polar surface area (TPSA) is 129 Å². The van der Waals surface area contributed by atoms with Gasteiger partial charge in [-0.1, -0.05) is 36.7 Å². The SMILES string of the molecule is CCC(c1ccc(Cl)cc1)(c1nc(N)no1)n1ncc2c(NS(C)(=O)=O)cccc21. The summed E-state index contributed by atoms with van der Waals surface area (Å²) in [4.78, 5) is 4.29. The molecule has 4 rings (SSSR count). The first-order valence-electron chi connectivity index (χ1n) is 9.05. The van der Waals surface area contributed by atoms with E-state index in [1.165, 1.54) is 0 Å². The van der Waals surface area contributed by atoms with Crippen molar-refractivity contribution in [1.82, 2.24) is 19.9 Å². The number of aromatic nitrogens is 4. The predicted octanol–water partition coefficient (Wildman–Crippen LogP) is 3.23. The van der Waals surface area contributed by atoms with Gasteiger partial charge in [-0.05, 0) is 41.4 Å². The molecule has 0 saturated heterocycles. The Morgan fingerprint density at radius 3 is 2.57 bits per heavy atom. The van der Waals surface area contributed by atoms with E-state index >= 15 is 0 Å². The van der Waals surface area contributed by atoms with Crippen molar-refractivity contribution in [1.29, 1.82) is 0 Å². The van der Waals surface area contributed by atoms with Crippen molar-refractivity contribution in [2.24, 2.45) is 0 Å². The van der Waals surface area contributed by atoms with Gasteiger partial charge in [0.2, 0.25) is 10.0 Å². The second-order valence-electron chi connectivity index (χ2n) is 6.85. The monoisotopic (exact) mass is 446 g/mol. The van der Waals surface area contributed by atoms with E-state index in [1.54, 1.807) is 35.1 Å². The largest absolute Gasteiger partial charge is 0.365 e. The minimum atomic E-state index is -3.47. The minimum absolute atomic E-state index is 0.00711. The van der Waals surface area contributed by atoms with Crippen molar-refractivity contribution in [3.05, 3.63) is 65.1 Å². The van der Waals surface area contributed by atoms with Gasteiger partial charge in [-0.15, -0.1) is 0 Å². The third-order valence-corrected chi connectivity index (χ3v) is 5.74. The normalized spacial score (nSPS) is 14.0. The molecule has 3 N–H and O–H groups in total. The van der Waals surface area contributed by atoms with E-state index in [-0.39, 0.29) is 11.8 Å². The average Bonchev–Trinajstić information content (AvgIpc) is 3.31. The Balaban J connectivity index is 2.02. The predicted molar refractivity (Wildman–Crippen MR) is 115 cm³/mol. The van der Waals surface area contributed by atoms with Gasteiger partial charge in [-0.3, -0.25) is 4.72 Å². The van der Waals surface area contributed by atoms with Crippen LogP contribution in [0.3, 0.4) is 0 Å². The summed E-state index contributed by atoms with van der Waals surface area (Å²) in [5.41, 5.74) is 6.67. The molecule has 9 nitrogen and oxygen atoms in total. The van der Waals surface area contributed by atoms with E-state index in [2.05, 4.69) is 20.0 Å². The van der Waals surface area contributed by atoms with Gasteiger partial charge in [0.15, 0.2) is 5.54 Å². The summed E-state index contributed by atoms with van der Waals surface area (Å²) in [7, 11) is -3.47. The lowest BCUT2D eigenvalue weighted by Gasteiger charge is -2.31. The van der Waals surface area contributed by atoms with Crippen LogP contribution in [0.1, 0.15) is 24.8 Å². The van der Waals surface area contributed by atoms with Crippen molar-refractivity contribution in [2.75, 3.05) is 16.7 Å². The van der Waals surface area contributed by atoms with Crippen LogP contribution in [0.5, 0.6) is 0 Å². The summed E-state index contributed by atoms with van der Waals surface area (Å²) in [5, 5.41) is 9.57. The minimum Gasteiger partial charge on any atom is -0.365 e. The number of benzene rings is 2. The number of anilines is 2. The fourth-order valence-corrected chi connectivity index (χ4v) is 4.32. The molecule has 2 aromatic heterocycles. The molecule has 0 spiro atoms. The van der Waals surface area contributed by atoms with Gasteiger partial charge >= 0.3 is 0 Å². The summed E-state index contributed by atoms with van der Waals surface area (Å²) >= 11 is 6.10. The molecule has 1 unspecified atom stereocenters. The molecule has 156 valence electrons. The average molecular weight is 447 g/mol. The Morgan fingerprint density at radius 2 is 1.97 bits per heavy atom. The number of hydrogen-bond acceptors (Lipinski definition) is 7. The third kappa shape index (κ3) is 3.37. The number of fused-ring (bicyclic) bond motifs is 1. The summed E-state index contributed by atoms with van der Waals surface area (Å²) in [6, 6.07) is 12.5. The standard InChI is InChI=1S/C19H19ClN6O3S/c1-3-19(17-23-18(21)24-29-17,12-7-9-13(20)10-8-12)26-16-6-4-5-15(14(16)11-22-26)25-30(2,27)28/h4-11,25H,3H2,1-2H3,(H2,21,24). The van der Waals surface area contributed by atoms with Gasteiger partial charge in [-0.25, -0.2) is 13.1 Å². The maximum absolute atomic E-state index is 11.8. The molecule has 30 heavy (non-hydrogen) atoms. The molecule has 0 fully saturated rings. The van der Waals surface area contributed by atoms with Gasteiger partial charge in [-0.2, -0.15) is 10.1 Å². The number of sulfonamides is 1. The van der Waals surface area contributed by atoms with Gasteiger partial charge < -0.3 is 10.3 Å². The molecular formula is C19H19ClN6O3S. The number of halogens is 1. The van der Waals surface area contributed by atoms with E-state index in [9.17, 15) is 8.42 Å². The first-order valence-corrected chi connectivity index (χ1v) is 11.3. The summed E-state index contributed by atoms with van der Waals surface area (Å²) in [5.74, 6) is 0.268. The molecule has 2 heterocycles. The zero-order valence-corrected chi connectivity index (χ0v) is 17.8. The van der Waals surface area contributed by atoms with Crippen LogP contribution in [0.4, 0.5) is 11.6 Å². The molecule has 0 saturated carbocycles. The van der Waals surface area contributed by atoms with E-state index in [0.29, 0.717) is 28.0 Å². The van der Waals surface area contributed by atoms with Gasteiger partial charge in [0.25, 0.3) is 11.8 Å². The highest BCUT2D eigenvalue weighted by Gasteiger charge is 2.42. The second kappa shape index (κ2) is 7.29. The molecule has 4 aromatic rings. The van der Waals surface area contributed by atoms with E-state index < -0.39 is 15.6 Å². The van der Waals surface area contributed by atoms with Crippen molar-refractivity contribution >= 4 is 44.2 Å². The highest BCUT2D eigenvalue weighted by Crippen LogP contribution is 2.40. The highest BCUT2D eigenvalue weighted by atomic mass is 35.5. The van der Waals surface area contributed by atoms with E-state index in [1.807, 2.05) is 25.1 Å². The molecule has 1 atom stereocenters. The lowest BCUT2D eigenvalue weighted by molar-refractivity contribution is 0.261. The number of nitrogen functional groups attached to an aromatic ring is 1. The maximum atomic E-state index is 11.8. The van der Waals surface area contributed by atoms with Gasteiger partial charge in [0.05, 0.1) is 23.7 Å². The van der Waals surface area contributed by atoms with Crippen molar-refractivity contribution in [3.8, 4) is 0 Å². The van der Waals surface area contributed by atoms with Crippen LogP contribution in [-0.4, -0.2) is 34.6 Å². The molecule has 0 aliphatic heterocycles. The molecule has 0 aliphatic carbocycles. The maximum Gasteiger partial charge on any atom is 0.260 e. The van der Waals surface area contributed by atoms with Crippen LogP contribution in [0.15, 0.2) is 53.2 Å². The number of nitrogens with two attached hydrogens (primary N) is 1. The number of nitrogens with one attached hydrogen (secondary N) is 1. The zero-order valence-electron chi connectivity index (χ0n) is 16.2. The van der Waals surface area contributed by atoms with Crippen molar-refractivity contribution < 1.29 is 12.9 Å². The van der Waals surface area contributed by atoms with Crippen LogP contribution in [0.2, 0.25) is 5.02 Å². The highest BCUT2D eigenvalue weighted by molar-refractivity contribution is 7.92. The first-order chi connectivity index (χ1) is 14.2. The van der Waals surface area contributed by atoms with E-state index in [4.69, 9.17) is 21.9 Å². The Bertz CT molecular complexity index is 1320. The van der Waals surface area contributed by atoms with Crippen LogP contribution < -0.4 is 10.5 Å². The summed E-state index contributed by atoms with van der Waals surface area (Å²) in [6.45, 7) is 1.96. The zero-order chi connectivity index (χ0) is 21.5. The number of rotatable bonds is 6. The molecule has 0 radical (unpaired) electrons. The van der Waals surface area contributed by atoms with Crippen LogP contribution in [-0.2, 0) is 15.6 Å². The van der Waals surface area contributed by atoms with Gasteiger partial charge in [0, 0.05) is 10.4 Å². The Kier molecular flexibility index (Phi) is 4.91. The Labute approximate surface area is 177 Å². The first kappa shape index (κ1) is 20.2. The third-order valence-electron chi connectivity index (χ3n) is 4.90. The molecule has 0 amide bonds. The smallest absolute Gasteiger partial charge is 0.260 e. The molecular weight excluding hydrogens is 428 g/mol. The van der Waals surface area contributed by atoms with Gasteiger partial charge in [0.1, 0.15) is 0 Å². The Hall–Kier alpha value is -3.11. The molecule has 2 aromatic carbocycles. The second-order valence-corrected chi connectivity index (χ2v) is 9.03. The number of hydrogen-bond donors (Lipinski definition) is 2. The quantitative estimate of drug-likeness (QED) is 0.465. The van der Waals surface area contributed by atoms with Crippen molar-refractivity contribution in [2.45, 2.75) is 18.9 Å². The Morgan fingerprint density at radius 1 is 1.23 bits per heavy atom. The fraction of sp³-hybridized carbons (Fsp3) is 0.211. The fourth-order valence-electron chi connectivity index (χ4n) is 3.61. The van der Waals surface area contributed by atoms with Crippen LogP contribution in [0, 0.1) is 0 Å². The molecule has 0 bridgehead atoms. The van der Waals surface area contributed by atoms with Crippen LogP contribution >= 0.6 is 11.6 Å². The van der Waals surface area contributed by atoms with E-state index in [0.717, 1.165) is 11.8 Å². The summed E-state index contributed by atoms with van der Waals surface area (Å²) in [6.07, 6.45) is 3.20. The molecule has 0 aliphatic rings. The molecule has 11 heteroatoms. The van der Waals surface area contributed by atoms with Crippen molar-refractivity contribution in [3.63, 3.8) is 0 Å². The van der Waals surface area contributed by atoms with Crippen LogP contribution in [0.25, 0.3) is 10.9 Å². The number of nitrogens with zero attached hydrogens (tertiary/aromatic N) is 4. The summed E-state index contributed by atoms with van der Waals surface area (Å²) < 4.78 is 33.3.